The fourth-order valence-corrected chi connectivity index (χ4v) is 4.54. The van der Waals surface area contributed by atoms with Crippen molar-refractivity contribution >= 4 is 5.91 Å². The van der Waals surface area contributed by atoms with Crippen LogP contribution in [-0.2, 0) is 22.6 Å². The van der Waals surface area contributed by atoms with Crippen molar-refractivity contribution in [1.29, 1.82) is 0 Å². The van der Waals surface area contributed by atoms with Gasteiger partial charge in [-0.25, -0.2) is 0 Å². The van der Waals surface area contributed by atoms with Crippen LogP contribution in [0.15, 0.2) is 24.3 Å². The van der Waals surface area contributed by atoms with Gasteiger partial charge in [-0.05, 0) is 44.7 Å². The van der Waals surface area contributed by atoms with E-state index in [9.17, 15) is 4.79 Å². The predicted octanol–water partition coefficient (Wildman–Crippen LogP) is 2.82. The molecule has 4 unspecified atom stereocenters. The second-order valence-corrected chi connectivity index (χ2v) is 8.79. The Morgan fingerprint density at radius 3 is 2.44 bits per heavy atom. The quantitative estimate of drug-likeness (QED) is 0.833. The molecule has 1 amide bonds. The van der Waals surface area contributed by atoms with Crippen molar-refractivity contribution in [2.45, 2.75) is 77.3 Å². The first-order valence-electron chi connectivity index (χ1n) is 10.4. The van der Waals surface area contributed by atoms with E-state index in [1.165, 1.54) is 5.56 Å². The second-order valence-electron chi connectivity index (χ2n) is 8.79. The summed E-state index contributed by atoms with van der Waals surface area (Å²) in [5.41, 5.74) is 8.40. The Bertz CT molecular complexity index is 619. The normalized spacial score (nSPS) is 32.2. The minimum absolute atomic E-state index is 0.0733. The smallest absolute Gasteiger partial charge is 0.225 e. The van der Waals surface area contributed by atoms with E-state index in [-0.39, 0.29) is 29.6 Å². The van der Waals surface area contributed by atoms with Crippen LogP contribution in [0, 0.1) is 5.92 Å². The van der Waals surface area contributed by atoms with E-state index in [4.69, 9.17) is 10.5 Å². The first-order valence-corrected chi connectivity index (χ1v) is 10.4. The number of nitrogens with one attached hydrogen (secondary N) is 1. The van der Waals surface area contributed by atoms with Gasteiger partial charge >= 0.3 is 0 Å². The van der Waals surface area contributed by atoms with Crippen LogP contribution in [0.5, 0.6) is 0 Å². The van der Waals surface area contributed by atoms with E-state index in [0.29, 0.717) is 6.54 Å². The van der Waals surface area contributed by atoms with Gasteiger partial charge in [-0.15, -0.1) is 0 Å². The van der Waals surface area contributed by atoms with Gasteiger partial charge in [-0.1, -0.05) is 37.1 Å². The highest BCUT2D eigenvalue weighted by atomic mass is 16.5. The lowest BCUT2D eigenvalue weighted by Crippen LogP contribution is -2.52. The number of hydrogen-bond donors (Lipinski definition) is 2. The molecule has 1 saturated heterocycles. The third-order valence-electron chi connectivity index (χ3n) is 5.96. The predicted molar refractivity (Wildman–Crippen MR) is 108 cm³/mol. The molecule has 1 aliphatic heterocycles. The number of hydrogen-bond acceptors (Lipinski definition) is 4. The summed E-state index contributed by atoms with van der Waals surface area (Å²) in [6.45, 7) is 9.73. The summed E-state index contributed by atoms with van der Waals surface area (Å²) >= 11 is 0. The molecule has 0 aromatic heterocycles. The molecule has 3 rings (SSSR count). The summed E-state index contributed by atoms with van der Waals surface area (Å²) in [4.78, 5) is 15.0. The number of benzene rings is 1. The van der Waals surface area contributed by atoms with Crippen LogP contribution in [0.4, 0.5) is 0 Å². The highest BCUT2D eigenvalue weighted by Crippen LogP contribution is 2.31. The molecule has 5 nitrogen and oxygen atoms in total. The number of nitrogens with two attached hydrogens (primary N) is 1. The molecule has 1 aliphatic carbocycles. The standard InChI is InChI=1S/C22H35N3O2/c1-16-13-25(14-17(2)27-16)15-19-9-7-18(8-10-19)12-24-21(26)20-6-4-5-11-22(20,3)23/h7-10,16-17,20H,4-6,11-15,23H2,1-3H3,(H,24,26). The lowest BCUT2D eigenvalue weighted by atomic mass is 9.74. The zero-order chi connectivity index (χ0) is 19.4. The molecule has 2 aliphatic rings. The molecule has 0 bridgehead atoms. The van der Waals surface area contributed by atoms with Gasteiger partial charge in [-0.2, -0.15) is 0 Å². The molecule has 0 radical (unpaired) electrons. The van der Waals surface area contributed by atoms with Crippen LogP contribution in [0.1, 0.15) is 57.6 Å². The first-order chi connectivity index (χ1) is 12.8. The lowest BCUT2D eigenvalue weighted by Gasteiger charge is -2.37. The number of carbonyl (C=O) groups excluding carboxylic acids is 1. The van der Waals surface area contributed by atoms with E-state index >= 15 is 0 Å². The van der Waals surface area contributed by atoms with Crippen molar-refractivity contribution in [3.8, 4) is 0 Å². The summed E-state index contributed by atoms with van der Waals surface area (Å²) in [7, 11) is 0. The van der Waals surface area contributed by atoms with Crippen LogP contribution >= 0.6 is 0 Å². The second kappa shape index (κ2) is 8.72. The Kier molecular flexibility index (Phi) is 6.56. The summed E-state index contributed by atoms with van der Waals surface area (Å²) in [5.74, 6) is 0.0240. The average molecular weight is 374 g/mol. The summed E-state index contributed by atoms with van der Waals surface area (Å²) in [5, 5.41) is 3.09. The monoisotopic (exact) mass is 373 g/mol. The first kappa shape index (κ1) is 20.3. The van der Waals surface area contributed by atoms with E-state index < -0.39 is 0 Å². The molecule has 5 heteroatoms. The van der Waals surface area contributed by atoms with Gasteiger partial charge in [0.25, 0.3) is 0 Å². The Morgan fingerprint density at radius 2 is 1.81 bits per heavy atom. The van der Waals surface area contributed by atoms with E-state index in [1.807, 2.05) is 6.92 Å². The molecule has 1 heterocycles. The lowest BCUT2D eigenvalue weighted by molar-refractivity contribution is -0.128. The minimum Gasteiger partial charge on any atom is -0.373 e. The Hall–Kier alpha value is -1.43. The molecule has 3 N–H and O–H groups in total. The summed E-state index contributed by atoms with van der Waals surface area (Å²) < 4.78 is 5.80. The maximum atomic E-state index is 12.6. The van der Waals surface area contributed by atoms with Gasteiger partial charge in [0.05, 0.1) is 18.1 Å². The molecule has 1 saturated carbocycles. The van der Waals surface area contributed by atoms with Gasteiger partial charge in [-0.3, -0.25) is 9.69 Å². The molecule has 0 spiro atoms. The number of carbonyl (C=O) groups is 1. The zero-order valence-electron chi connectivity index (χ0n) is 17.0. The van der Waals surface area contributed by atoms with Gasteiger partial charge < -0.3 is 15.8 Å². The summed E-state index contributed by atoms with van der Waals surface area (Å²) in [6.07, 6.45) is 4.62. The van der Waals surface area contributed by atoms with Crippen molar-refractivity contribution in [3.63, 3.8) is 0 Å². The topological polar surface area (TPSA) is 67.6 Å². The number of rotatable bonds is 5. The molecule has 1 aromatic rings. The molecule has 2 fully saturated rings. The summed E-state index contributed by atoms with van der Waals surface area (Å²) in [6, 6.07) is 8.57. The van der Waals surface area contributed by atoms with Crippen molar-refractivity contribution in [3.05, 3.63) is 35.4 Å². The Balaban J connectivity index is 1.50. The number of ether oxygens (including phenoxy) is 1. The number of amides is 1. The van der Waals surface area contributed by atoms with Crippen molar-refractivity contribution < 1.29 is 9.53 Å². The molecule has 150 valence electrons. The van der Waals surface area contributed by atoms with Crippen LogP contribution in [0.25, 0.3) is 0 Å². The van der Waals surface area contributed by atoms with Crippen molar-refractivity contribution in [1.82, 2.24) is 10.2 Å². The largest absolute Gasteiger partial charge is 0.373 e. The molecular formula is C22H35N3O2. The van der Waals surface area contributed by atoms with Crippen LogP contribution in [0.3, 0.4) is 0 Å². The average Bonchev–Trinajstić information content (AvgIpc) is 2.59. The Labute approximate surface area is 163 Å². The van der Waals surface area contributed by atoms with E-state index in [1.54, 1.807) is 0 Å². The van der Waals surface area contributed by atoms with Gasteiger partial charge in [0.1, 0.15) is 0 Å². The highest BCUT2D eigenvalue weighted by molar-refractivity contribution is 5.80. The van der Waals surface area contributed by atoms with Crippen LogP contribution in [-0.4, -0.2) is 41.6 Å². The molecule has 27 heavy (non-hydrogen) atoms. The fraction of sp³-hybridized carbons (Fsp3) is 0.682. The third kappa shape index (κ3) is 5.53. The SMILES string of the molecule is CC1CN(Cc2ccc(CNC(=O)C3CCCCC3(C)N)cc2)CC(C)O1. The van der Waals surface area contributed by atoms with E-state index in [2.05, 4.69) is 48.3 Å². The molecular weight excluding hydrogens is 338 g/mol. The van der Waals surface area contributed by atoms with Gasteiger partial charge in [0.15, 0.2) is 0 Å². The maximum absolute atomic E-state index is 12.6. The highest BCUT2D eigenvalue weighted by Gasteiger charge is 2.37. The minimum atomic E-state index is -0.376. The van der Waals surface area contributed by atoms with Crippen LogP contribution < -0.4 is 11.1 Å². The third-order valence-corrected chi connectivity index (χ3v) is 5.96. The van der Waals surface area contributed by atoms with Crippen molar-refractivity contribution in [2.75, 3.05) is 13.1 Å². The molecule has 4 atom stereocenters. The number of nitrogens with zero attached hydrogens (tertiary/aromatic N) is 1. The van der Waals surface area contributed by atoms with Gasteiger partial charge in [0, 0.05) is 31.7 Å². The van der Waals surface area contributed by atoms with Crippen LogP contribution in [0.2, 0.25) is 0 Å². The Morgan fingerprint density at radius 1 is 1.19 bits per heavy atom. The maximum Gasteiger partial charge on any atom is 0.225 e. The van der Waals surface area contributed by atoms with Crippen molar-refractivity contribution in [2.24, 2.45) is 11.7 Å². The fourth-order valence-electron chi connectivity index (χ4n) is 4.54. The number of morpholine rings is 1. The van der Waals surface area contributed by atoms with E-state index in [0.717, 1.165) is 50.9 Å². The zero-order valence-corrected chi connectivity index (χ0v) is 17.0. The van der Waals surface area contributed by atoms with Gasteiger partial charge in [0.2, 0.25) is 5.91 Å². The molecule has 1 aromatic carbocycles.